The van der Waals surface area contributed by atoms with E-state index >= 15 is 0 Å². The molecule has 2 aromatic carbocycles. The molecule has 3 aromatic rings. The van der Waals surface area contributed by atoms with Crippen molar-refractivity contribution in [3.8, 4) is 17.2 Å². The molecule has 5 nitrogen and oxygen atoms in total. The molecule has 1 amide bonds. The van der Waals surface area contributed by atoms with E-state index in [1.165, 1.54) is 24.3 Å². The van der Waals surface area contributed by atoms with Crippen molar-refractivity contribution in [3.05, 3.63) is 78.6 Å². The predicted molar refractivity (Wildman–Crippen MR) is 91.8 cm³/mol. The molecule has 0 aliphatic carbocycles. The summed E-state index contributed by atoms with van der Waals surface area (Å²) < 4.78 is 47.2. The summed E-state index contributed by atoms with van der Waals surface area (Å²) in [4.78, 5) is 11.8. The first kappa shape index (κ1) is 18.4. The van der Waals surface area contributed by atoms with Crippen LogP contribution in [0.25, 0.3) is 5.69 Å². The van der Waals surface area contributed by atoms with Crippen molar-refractivity contribution in [1.82, 2.24) is 9.88 Å². The van der Waals surface area contributed by atoms with Gasteiger partial charge in [0, 0.05) is 24.6 Å². The lowest BCUT2D eigenvalue weighted by Gasteiger charge is -2.10. The number of hydrogen-bond acceptors (Lipinski definition) is 3. The zero-order chi connectivity index (χ0) is 19.3. The maximum absolute atomic E-state index is 12.1. The van der Waals surface area contributed by atoms with E-state index in [2.05, 4.69) is 10.1 Å². The van der Waals surface area contributed by atoms with E-state index in [-0.39, 0.29) is 12.3 Å². The summed E-state index contributed by atoms with van der Waals surface area (Å²) in [5.41, 5.74) is 1.53. The molecular weight excluding hydrogens is 361 g/mol. The highest BCUT2D eigenvalue weighted by molar-refractivity contribution is 5.70. The minimum absolute atomic E-state index is 0.104. The van der Waals surface area contributed by atoms with Crippen LogP contribution in [0.5, 0.6) is 11.5 Å². The van der Waals surface area contributed by atoms with Gasteiger partial charge in [0.15, 0.2) is 0 Å². The Labute approximate surface area is 152 Å². The standard InChI is InChI=1S/C19H15F3N2O3/c20-19(21,22)27-17-7-3-14(4-8-17)13-23-18(25)26-16-9-5-15(6-10-16)24-11-1-2-12-24/h1-12H,13H2,(H,23,25). The molecule has 0 spiro atoms. The molecule has 0 bridgehead atoms. The Kier molecular flexibility index (Phi) is 5.35. The van der Waals surface area contributed by atoms with E-state index in [1.54, 1.807) is 12.1 Å². The Balaban J connectivity index is 1.49. The minimum atomic E-state index is -4.74. The lowest BCUT2D eigenvalue weighted by atomic mass is 10.2. The number of carbonyl (C=O) groups excluding carboxylic acids is 1. The molecule has 140 valence electrons. The number of amides is 1. The van der Waals surface area contributed by atoms with Gasteiger partial charge in [-0.25, -0.2) is 4.79 Å². The third-order valence-electron chi connectivity index (χ3n) is 3.54. The maximum atomic E-state index is 12.1. The van der Waals surface area contributed by atoms with Gasteiger partial charge in [0.1, 0.15) is 11.5 Å². The number of nitrogens with zero attached hydrogens (tertiary/aromatic N) is 1. The summed E-state index contributed by atoms with van der Waals surface area (Å²) in [7, 11) is 0. The zero-order valence-electron chi connectivity index (χ0n) is 13.9. The van der Waals surface area contributed by atoms with Gasteiger partial charge in [-0.2, -0.15) is 0 Å². The fraction of sp³-hybridized carbons (Fsp3) is 0.105. The average molecular weight is 376 g/mol. The molecule has 8 heteroatoms. The molecular formula is C19H15F3N2O3. The van der Waals surface area contributed by atoms with Crippen LogP contribution in [0.15, 0.2) is 73.1 Å². The number of halogens is 3. The summed E-state index contributed by atoms with van der Waals surface area (Å²) >= 11 is 0. The highest BCUT2D eigenvalue weighted by Gasteiger charge is 2.30. The van der Waals surface area contributed by atoms with E-state index in [9.17, 15) is 18.0 Å². The van der Waals surface area contributed by atoms with Crippen LogP contribution in [0, 0.1) is 0 Å². The van der Waals surface area contributed by atoms with Crippen LogP contribution >= 0.6 is 0 Å². The van der Waals surface area contributed by atoms with Crippen molar-refractivity contribution in [2.75, 3.05) is 0 Å². The Morgan fingerprint density at radius 2 is 1.52 bits per heavy atom. The molecule has 0 aliphatic heterocycles. The van der Waals surface area contributed by atoms with Crippen LogP contribution in [-0.4, -0.2) is 17.0 Å². The number of hydrogen-bond donors (Lipinski definition) is 1. The van der Waals surface area contributed by atoms with Crippen LogP contribution in [0.4, 0.5) is 18.0 Å². The highest BCUT2D eigenvalue weighted by atomic mass is 19.4. The Morgan fingerprint density at radius 3 is 2.11 bits per heavy atom. The molecule has 1 heterocycles. The van der Waals surface area contributed by atoms with Crippen molar-refractivity contribution >= 4 is 6.09 Å². The molecule has 27 heavy (non-hydrogen) atoms. The molecule has 0 atom stereocenters. The first-order chi connectivity index (χ1) is 12.9. The van der Waals surface area contributed by atoms with Crippen molar-refractivity contribution < 1.29 is 27.4 Å². The van der Waals surface area contributed by atoms with Gasteiger partial charge in [-0.3, -0.25) is 0 Å². The summed E-state index contributed by atoms with van der Waals surface area (Å²) in [6.07, 6.45) is -1.61. The monoisotopic (exact) mass is 376 g/mol. The first-order valence-corrected chi connectivity index (χ1v) is 7.93. The van der Waals surface area contributed by atoms with E-state index in [1.807, 2.05) is 41.2 Å². The van der Waals surface area contributed by atoms with Gasteiger partial charge >= 0.3 is 12.5 Å². The van der Waals surface area contributed by atoms with Crippen molar-refractivity contribution in [1.29, 1.82) is 0 Å². The molecule has 0 fully saturated rings. The molecule has 0 radical (unpaired) electrons. The minimum Gasteiger partial charge on any atom is -0.410 e. The van der Waals surface area contributed by atoms with E-state index in [4.69, 9.17) is 4.74 Å². The molecule has 1 aromatic heterocycles. The highest BCUT2D eigenvalue weighted by Crippen LogP contribution is 2.22. The number of alkyl halides is 3. The van der Waals surface area contributed by atoms with Gasteiger partial charge in [0.05, 0.1) is 0 Å². The lowest BCUT2D eigenvalue weighted by Crippen LogP contribution is -2.26. The molecule has 1 N–H and O–H groups in total. The quantitative estimate of drug-likeness (QED) is 0.704. The Bertz CT molecular complexity index is 874. The van der Waals surface area contributed by atoms with E-state index < -0.39 is 12.5 Å². The van der Waals surface area contributed by atoms with Crippen molar-refractivity contribution in [2.45, 2.75) is 12.9 Å². The van der Waals surface area contributed by atoms with Gasteiger partial charge in [0.25, 0.3) is 0 Å². The second-order valence-electron chi connectivity index (χ2n) is 5.52. The lowest BCUT2D eigenvalue weighted by molar-refractivity contribution is -0.274. The molecule has 0 saturated carbocycles. The molecule has 0 aliphatic rings. The van der Waals surface area contributed by atoms with Gasteiger partial charge in [0.2, 0.25) is 0 Å². The summed E-state index contributed by atoms with van der Waals surface area (Å²) in [5, 5.41) is 2.53. The number of aromatic nitrogens is 1. The SMILES string of the molecule is O=C(NCc1ccc(OC(F)(F)F)cc1)Oc1ccc(-n2cccc2)cc1. The van der Waals surface area contributed by atoms with E-state index in [0.29, 0.717) is 11.3 Å². The maximum Gasteiger partial charge on any atom is 0.573 e. The number of rotatable bonds is 5. The van der Waals surface area contributed by atoms with Crippen molar-refractivity contribution in [2.24, 2.45) is 0 Å². The largest absolute Gasteiger partial charge is 0.573 e. The summed E-state index contributed by atoms with van der Waals surface area (Å²) in [5.74, 6) is 0.0499. The predicted octanol–water partition coefficient (Wildman–Crippen LogP) is 4.66. The van der Waals surface area contributed by atoms with Crippen LogP contribution in [0.1, 0.15) is 5.56 Å². The van der Waals surface area contributed by atoms with Crippen LogP contribution < -0.4 is 14.8 Å². The number of benzene rings is 2. The third kappa shape index (κ3) is 5.53. The first-order valence-electron chi connectivity index (χ1n) is 7.93. The normalized spacial score (nSPS) is 11.1. The van der Waals surface area contributed by atoms with Crippen LogP contribution in [-0.2, 0) is 6.54 Å². The summed E-state index contributed by atoms with van der Waals surface area (Å²) in [6.45, 7) is 0.104. The Morgan fingerprint density at radius 1 is 0.926 bits per heavy atom. The van der Waals surface area contributed by atoms with Crippen LogP contribution in [0.2, 0.25) is 0 Å². The van der Waals surface area contributed by atoms with Crippen molar-refractivity contribution in [3.63, 3.8) is 0 Å². The fourth-order valence-electron chi connectivity index (χ4n) is 2.32. The second-order valence-corrected chi connectivity index (χ2v) is 5.52. The van der Waals surface area contributed by atoms with Gasteiger partial charge in [-0.05, 0) is 54.1 Å². The van der Waals surface area contributed by atoms with Gasteiger partial charge < -0.3 is 19.4 Å². The number of ether oxygens (including phenoxy) is 2. The second kappa shape index (κ2) is 7.86. The Hall–Kier alpha value is -3.42. The number of carbonyl (C=O) groups is 1. The van der Waals surface area contributed by atoms with Crippen LogP contribution in [0.3, 0.4) is 0 Å². The topological polar surface area (TPSA) is 52.5 Å². The smallest absolute Gasteiger partial charge is 0.410 e. The van der Waals surface area contributed by atoms with E-state index in [0.717, 1.165) is 5.69 Å². The van der Waals surface area contributed by atoms with Gasteiger partial charge in [-0.15, -0.1) is 13.2 Å². The molecule has 0 saturated heterocycles. The molecule has 3 rings (SSSR count). The van der Waals surface area contributed by atoms with Gasteiger partial charge in [-0.1, -0.05) is 12.1 Å². The summed E-state index contributed by atoms with van der Waals surface area (Å²) in [6, 6.07) is 16.0. The third-order valence-corrected chi connectivity index (χ3v) is 3.54. The molecule has 0 unspecified atom stereocenters. The zero-order valence-corrected chi connectivity index (χ0v) is 13.9. The number of nitrogens with one attached hydrogen (secondary N) is 1. The fourth-order valence-corrected chi connectivity index (χ4v) is 2.32. The average Bonchev–Trinajstić information content (AvgIpc) is 3.15.